The van der Waals surface area contributed by atoms with E-state index in [2.05, 4.69) is 15.9 Å². The van der Waals surface area contributed by atoms with Gasteiger partial charge in [0.1, 0.15) is 11.6 Å². The zero-order chi connectivity index (χ0) is 11.6. The average molecular weight is 294 g/mol. The van der Waals surface area contributed by atoms with E-state index in [0.717, 1.165) is 0 Å². The lowest BCUT2D eigenvalue weighted by Crippen LogP contribution is -2.03. The predicted octanol–water partition coefficient (Wildman–Crippen LogP) is 4.32. The molecular weight excluding hydrogens is 282 g/mol. The second-order valence-electron chi connectivity index (χ2n) is 3.57. The van der Waals surface area contributed by atoms with Crippen LogP contribution in [0.15, 0.2) is 16.6 Å². The molecule has 0 saturated heterocycles. The van der Waals surface area contributed by atoms with Crippen molar-refractivity contribution in [1.82, 2.24) is 0 Å². The Hall–Kier alpha value is -0.410. The fourth-order valence-corrected chi connectivity index (χ4v) is 1.94. The summed E-state index contributed by atoms with van der Waals surface area (Å²) in [5.41, 5.74) is 0.485. The van der Waals surface area contributed by atoms with Crippen molar-refractivity contribution in [3.8, 4) is 0 Å². The lowest BCUT2D eigenvalue weighted by Gasteiger charge is -2.12. The van der Waals surface area contributed by atoms with Crippen LogP contribution in [0.1, 0.15) is 31.7 Å². The molecule has 0 aliphatic heterocycles. The first kappa shape index (κ1) is 12.7. The SMILES string of the molecule is CC(=O)CC(C)c1ccc(Br)c(Cl)c1F. The summed E-state index contributed by atoms with van der Waals surface area (Å²) in [6.07, 6.45) is 0.328. The molecule has 0 aliphatic carbocycles. The highest BCUT2D eigenvalue weighted by Gasteiger charge is 2.16. The number of ketones is 1. The van der Waals surface area contributed by atoms with Crippen LogP contribution < -0.4 is 0 Å². The van der Waals surface area contributed by atoms with Gasteiger partial charge in [0.2, 0.25) is 0 Å². The molecular formula is C11H11BrClFO. The third-order valence-corrected chi connectivity index (χ3v) is 3.45. The summed E-state index contributed by atoms with van der Waals surface area (Å²) < 4.78 is 14.2. The molecule has 0 bridgehead atoms. The monoisotopic (exact) mass is 292 g/mol. The fourth-order valence-electron chi connectivity index (χ4n) is 1.46. The molecule has 4 heteroatoms. The molecule has 15 heavy (non-hydrogen) atoms. The van der Waals surface area contributed by atoms with E-state index < -0.39 is 5.82 Å². The molecule has 0 heterocycles. The van der Waals surface area contributed by atoms with Gasteiger partial charge in [0.05, 0.1) is 5.02 Å². The molecule has 1 nitrogen and oxygen atoms in total. The molecule has 0 N–H and O–H groups in total. The van der Waals surface area contributed by atoms with E-state index in [1.54, 1.807) is 12.1 Å². The Morgan fingerprint density at radius 2 is 2.20 bits per heavy atom. The van der Waals surface area contributed by atoms with E-state index in [0.29, 0.717) is 16.5 Å². The minimum atomic E-state index is -0.445. The summed E-state index contributed by atoms with van der Waals surface area (Å²) in [4.78, 5) is 10.9. The lowest BCUT2D eigenvalue weighted by atomic mass is 9.96. The van der Waals surface area contributed by atoms with Crippen LogP contribution in [0.5, 0.6) is 0 Å². The second kappa shape index (κ2) is 5.08. The van der Waals surface area contributed by atoms with E-state index in [4.69, 9.17) is 11.6 Å². The van der Waals surface area contributed by atoms with Crippen molar-refractivity contribution in [2.75, 3.05) is 0 Å². The molecule has 1 aromatic carbocycles. The lowest BCUT2D eigenvalue weighted by molar-refractivity contribution is -0.117. The molecule has 1 atom stereocenters. The van der Waals surface area contributed by atoms with Gasteiger partial charge in [-0.3, -0.25) is 0 Å². The summed E-state index contributed by atoms with van der Waals surface area (Å²) in [5, 5.41) is 0.0721. The Morgan fingerprint density at radius 1 is 1.60 bits per heavy atom. The van der Waals surface area contributed by atoms with Gasteiger partial charge >= 0.3 is 0 Å². The Bertz CT molecular complexity index is 392. The Morgan fingerprint density at radius 3 is 2.73 bits per heavy atom. The topological polar surface area (TPSA) is 17.1 Å². The van der Waals surface area contributed by atoms with Gasteiger partial charge in [0.25, 0.3) is 0 Å². The smallest absolute Gasteiger partial charge is 0.146 e. The van der Waals surface area contributed by atoms with Crippen molar-refractivity contribution in [3.05, 3.63) is 33.0 Å². The Labute approximate surface area is 102 Å². The van der Waals surface area contributed by atoms with Crippen LogP contribution in [-0.4, -0.2) is 5.78 Å². The number of halogens is 3. The summed E-state index contributed by atoms with van der Waals surface area (Å²) >= 11 is 8.90. The molecule has 0 radical (unpaired) electrons. The van der Waals surface area contributed by atoms with Crippen molar-refractivity contribution in [2.45, 2.75) is 26.2 Å². The minimum Gasteiger partial charge on any atom is -0.300 e. The van der Waals surface area contributed by atoms with E-state index in [9.17, 15) is 9.18 Å². The summed E-state index contributed by atoms with van der Waals surface area (Å²) in [7, 11) is 0. The summed E-state index contributed by atoms with van der Waals surface area (Å²) in [5.74, 6) is -0.547. The molecule has 82 valence electrons. The average Bonchev–Trinajstić information content (AvgIpc) is 2.13. The number of benzene rings is 1. The molecule has 1 aromatic rings. The number of rotatable bonds is 3. The maximum absolute atomic E-state index is 13.7. The maximum Gasteiger partial charge on any atom is 0.146 e. The van der Waals surface area contributed by atoms with E-state index in [-0.39, 0.29) is 16.7 Å². The summed E-state index contributed by atoms with van der Waals surface area (Å²) in [6, 6.07) is 3.34. The fraction of sp³-hybridized carbons (Fsp3) is 0.364. The molecule has 0 saturated carbocycles. The molecule has 0 amide bonds. The van der Waals surface area contributed by atoms with Gasteiger partial charge < -0.3 is 4.79 Å². The zero-order valence-electron chi connectivity index (χ0n) is 8.48. The molecule has 0 spiro atoms. The molecule has 0 aliphatic rings. The first-order chi connectivity index (χ1) is 6.93. The highest BCUT2D eigenvalue weighted by atomic mass is 79.9. The van der Waals surface area contributed by atoms with Crippen LogP contribution in [0.3, 0.4) is 0 Å². The van der Waals surface area contributed by atoms with Gasteiger partial charge in [-0.15, -0.1) is 0 Å². The standard InChI is InChI=1S/C11H11BrClFO/c1-6(5-7(2)15)8-3-4-9(12)10(13)11(8)14/h3-4,6H,5H2,1-2H3. The van der Waals surface area contributed by atoms with Crippen molar-refractivity contribution in [2.24, 2.45) is 0 Å². The first-order valence-electron chi connectivity index (χ1n) is 4.56. The number of hydrogen-bond acceptors (Lipinski definition) is 1. The van der Waals surface area contributed by atoms with Gasteiger partial charge in [0.15, 0.2) is 0 Å². The number of carbonyl (C=O) groups excluding carboxylic acids is 1. The summed E-state index contributed by atoms with van der Waals surface area (Å²) in [6.45, 7) is 3.30. The molecule has 1 rings (SSSR count). The van der Waals surface area contributed by atoms with Crippen LogP contribution in [0, 0.1) is 5.82 Å². The van der Waals surface area contributed by atoms with E-state index in [1.165, 1.54) is 6.92 Å². The molecule has 1 unspecified atom stereocenters. The van der Waals surface area contributed by atoms with E-state index in [1.807, 2.05) is 6.92 Å². The highest BCUT2D eigenvalue weighted by Crippen LogP contribution is 2.32. The third kappa shape index (κ3) is 3.02. The number of carbonyl (C=O) groups is 1. The van der Waals surface area contributed by atoms with Crippen LogP contribution in [0.25, 0.3) is 0 Å². The second-order valence-corrected chi connectivity index (χ2v) is 4.80. The van der Waals surface area contributed by atoms with Crippen molar-refractivity contribution in [1.29, 1.82) is 0 Å². The quantitative estimate of drug-likeness (QED) is 0.758. The van der Waals surface area contributed by atoms with Crippen LogP contribution in [0.2, 0.25) is 5.02 Å². The van der Waals surface area contributed by atoms with Gasteiger partial charge in [-0.1, -0.05) is 24.6 Å². The Balaban J connectivity index is 3.05. The Kier molecular flexibility index (Phi) is 4.29. The van der Waals surface area contributed by atoms with Gasteiger partial charge in [-0.2, -0.15) is 0 Å². The van der Waals surface area contributed by atoms with Gasteiger partial charge in [-0.25, -0.2) is 4.39 Å². The van der Waals surface area contributed by atoms with E-state index >= 15 is 0 Å². The predicted molar refractivity (Wildman–Crippen MR) is 62.8 cm³/mol. The highest BCUT2D eigenvalue weighted by molar-refractivity contribution is 9.10. The third-order valence-electron chi connectivity index (χ3n) is 2.19. The van der Waals surface area contributed by atoms with Gasteiger partial charge in [0, 0.05) is 10.9 Å². The molecule has 0 aromatic heterocycles. The van der Waals surface area contributed by atoms with Crippen LogP contribution in [0.4, 0.5) is 4.39 Å². The van der Waals surface area contributed by atoms with Crippen molar-refractivity contribution < 1.29 is 9.18 Å². The zero-order valence-corrected chi connectivity index (χ0v) is 10.8. The van der Waals surface area contributed by atoms with Crippen LogP contribution >= 0.6 is 27.5 Å². The number of hydrogen-bond donors (Lipinski definition) is 0. The minimum absolute atomic E-state index is 0.0425. The maximum atomic E-state index is 13.7. The van der Waals surface area contributed by atoms with Crippen molar-refractivity contribution in [3.63, 3.8) is 0 Å². The largest absolute Gasteiger partial charge is 0.300 e. The van der Waals surface area contributed by atoms with Gasteiger partial charge in [-0.05, 0) is 40.4 Å². The van der Waals surface area contributed by atoms with Crippen LogP contribution in [-0.2, 0) is 4.79 Å². The van der Waals surface area contributed by atoms with Crippen molar-refractivity contribution >= 4 is 33.3 Å². The number of Topliss-reactive ketones (excluding diaryl/α,β-unsaturated/α-hetero) is 1. The normalized spacial score (nSPS) is 12.6. The first-order valence-corrected chi connectivity index (χ1v) is 5.73. The molecule has 0 fully saturated rings.